The Bertz CT molecular complexity index is 3480. The number of furan rings is 1. The van der Waals surface area contributed by atoms with E-state index in [1.807, 2.05) is 24.3 Å². The van der Waals surface area contributed by atoms with Crippen LogP contribution in [0.25, 0.3) is 110 Å². The van der Waals surface area contributed by atoms with E-state index in [0.717, 1.165) is 82.6 Å². The van der Waals surface area contributed by atoms with Crippen LogP contribution >= 0.6 is 0 Å². The van der Waals surface area contributed by atoms with E-state index in [0.29, 0.717) is 5.95 Å². The number of hydrogen-bond acceptors (Lipinski definition) is 3. The maximum atomic E-state index is 6.52. The molecule has 0 saturated heterocycles. The highest BCUT2D eigenvalue weighted by Crippen LogP contribution is 2.44. The first-order valence-electron chi connectivity index (χ1n) is 18.6. The monoisotopic (exact) mass is 702 g/mol. The van der Waals surface area contributed by atoms with Crippen molar-refractivity contribution in [2.24, 2.45) is 0 Å². The highest BCUT2D eigenvalue weighted by Gasteiger charge is 2.24. The maximum Gasteiger partial charge on any atom is 0.235 e. The summed E-state index contributed by atoms with van der Waals surface area (Å²) < 4.78 is 11.2. The summed E-state index contributed by atoms with van der Waals surface area (Å²) in [5.74, 6) is 0.617. The van der Waals surface area contributed by atoms with E-state index in [1.165, 1.54) is 21.9 Å². The lowest BCUT2D eigenvalue weighted by Crippen LogP contribution is -2.03. The van der Waals surface area contributed by atoms with Crippen molar-refractivity contribution in [1.82, 2.24) is 19.1 Å². The van der Waals surface area contributed by atoms with Gasteiger partial charge in [0, 0.05) is 55.0 Å². The van der Waals surface area contributed by atoms with Crippen LogP contribution in [-0.2, 0) is 0 Å². The zero-order valence-electron chi connectivity index (χ0n) is 29.5. The zero-order chi connectivity index (χ0) is 36.0. The Morgan fingerprint density at radius 1 is 0.364 bits per heavy atom. The molecule has 0 amide bonds. The summed E-state index contributed by atoms with van der Waals surface area (Å²) in [6, 6.07) is 64.2. The molecule has 5 nitrogen and oxygen atoms in total. The normalized spacial score (nSPS) is 12.0. The van der Waals surface area contributed by atoms with Crippen molar-refractivity contribution in [3.05, 3.63) is 182 Å². The molecule has 0 unspecified atom stereocenters. The van der Waals surface area contributed by atoms with Gasteiger partial charge in [0.05, 0.1) is 33.3 Å². The fourth-order valence-electron chi connectivity index (χ4n) is 8.71. The summed E-state index contributed by atoms with van der Waals surface area (Å²) in [5, 5.41) is 7.86. The van der Waals surface area contributed by atoms with E-state index >= 15 is 0 Å². The lowest BCUT2D eigenvalue weighted by molar-refractivity contribution is 0.669. The second-order valence-electron chi connectivity index (χ2n) is 14.2. The third-order valence-electron chi connectivity index (χ3n) is 11.1. The van der Waals surface area contributed by atoms with Gasteiger partial charge in [-0.2, -0.15) is 0 Å². The Morgan fingerprint density at radius 2 is 1.02 bits per heavy atom. The molecule has 0 spiro atoms. The predicted molar refractivity (Wildman–Crippen MR) is 226 cm³/mol. The fourth-order valence-corrected chi connectivity index (χ4v) is 8.71. The molecular formula is C50H30N4O. The van der Waals surface area contributed by atoms with Crippen LogP contribution in [-0.4, -0.2) is 19.1 Å². The van der Waals surface area contributed by atoms with E-state index in [-0.39, 0.29) is 0 Å². The van der Waals surface area contributed by atoms with E-state index < -0.39 is 0 Å². The minimum atomic E-state index is 0.617. The first-order valence-corrected chi connectivity index (χ1v) is 18.6. The summed E-state index contributed by atoms with van der Waals surface area (Å²) in [6.45, 7) is 0. The Kier molecular flexibility index (Phi) is 6.27. The Labute approximate surface area is 315 Å². The van der Waals surface area contributed by atoms with E-state index in [1.54, 1.807) is 0 Å². The molecule has 0 aliphatic carbocycles. The Balaban J connectivity index is 1.23. The van der Waals surface area contributed by atoms with Gasteiger partial charge in [-0.1, -0.05) is 127 Å². The lowest BCUT2D eigenvalue weighted by atomic mass is 10.0. The number of benzene rings is 8. The molecule has 0 aliphatic heterocycles. The molecule has 12 rings (SSSR count). The number of nitrogens with zero attached hydrogens (tertiary/aromatic N) is 4. The minimum absolute atomic E-state index is 0.617. The largest absolute Gasteiger partial charge is 0.456 e. The molecule has 8 aromatic carbocycles. The van der Waals surface area contributed by atoms with Crippen molar-refractivity contribution in [3.63, 3.8) is 0 Å². The first-order chi connectivity index (χ1) is 27.3. The highest BCUT2D eigenvalue weighted by molar-refractivity contribution is 6.30. The van der Waals surface area contributed by atoms with Gasteiger partial charge in [-0.25, -0.2) is 9.97 Å². The van der Waals surface area contributed by atoms with E-state index in [4.69, 9.17) is 14.4 Å². The molecule has 12 aromatic rings. The van der Waals surface area contributed by atoms with Crippen molar-refractivity contribution in [3.8, 4) is 34.0 Å². The number of aromatic nitrogens is 4. The van der Waals surface area contributed by atoms with Gasteiger partial charge in [-0.05, 0) is 59.7 Å². The van der Waals surface area contributed by atoms with Gasteiger partial charge in [0.25, 0.3) is 0 Å². The summed E-state index contributed by atoms with van der Waals surface area (Å²) in [4.78, 5) is 10.7. The van der Waals surface area contributed by atoms with Gasteiger partial charge in [-0.15, -0.1) is 0 Å². The molecule has 4 aromatic heterocycles. The SMILES string of the molecule is c1ccc(-c2cccc(-n3c4ccccc4c4c5c6cc7c(cc6n(-c6nc(-c8ccccc8)c8ccccc8n6)c5ccc43)oc3ccccc37)c2)cc1. The molecule has 256 valence electrons. The van der Waals surface area contributed by atoms with Crippen LogP contribution < -0.4 is 0 Å². The van der Waals surface area contributed by atoms with Crippen molar-refractivity contribution in [2.45, 2.75) is 0 Å². The number of hydrogen-bond donors (Lipinski definition) is 0. The molecule has 55 heavy (non-hydrogen) atoms. The number of fused-ring (bicyclic) bond motifs is 11. The van der Waals surface area contributed by atoms with Gasteiger partial charge >= 0.3 is 0 Å². The van der Waals surface area contributed by atoms with Crippen LogP contribution in [0.3, 0.4) is 0 Å². The minimum Gasteiger partial charge on any atom is -0.456 e. The van der Waals surface area contributed by atoms with Gasteiger partial charge < -0.3 is 8.98 Å². The third kappa shape index (κ3) is 4.41. The van der Waals surface area contributed by atoms with Gasteiger partial charge in [0.1, 0.15) is 11.2 Å². The molecule has 0 bridgehead atoms. The van der Waals surface area contributed by atoms with E-state index in [2.05, 4.69) is 167 Å². The summed E-state index contributed by atoms with van der Waals surface area (Å²) >= 11 is 0. The highest BCUT2D eigenvalue weighted by atomic mass is 16.3. The first kappa shape index (κ1) is 30.0. The molecule has 4 heterocycles. The van der Waals surface area contributed by atoms with Crippen LogP contribution in [0, 0.1) is 0 Å². The molecule has 0 radical (unpaired) electrons. The van der Waals surface area contributed by atoms with Crippen LogP contribution in [0.2, 0.25) is 0 Å². The molecule has 0 atom stereocenters. The van der Waals surface area contributed by atoms with Crippen molar-refractivity contribution in [1.29, 1.82) is 0 Å². The summed E-state index contributed by atoms with van der Waals surface area (Å²) in [7, 11) is 0. The van der Waals surface area contributed by atoms with E-state index in [9.17, 15) is 0 Å². The smallest absolute Gasteiger partial charge is 0.235 e. The van der Waals surface area contributed by atoms with Crippen LogP contribution in [0.1, 0.15) is 0 Å². The molecule has 5 heteroatoms. The second-order valence-corrected chi connectivity index (χ2v) is 14.2. The van der Waals surface area contributed by atoms with Crippen LogP contribution in [0.4, 0.5) is 0 Å². The Hall–Kier alpha value is -7.50. The molecule has 0 saturated carbocycles. The van der Waals surface area contributed by atoms with Crippen molar-refractivity contribution < 1.29 is 4.42 Å². The quantitative estimate of drug-likeness (QED) is 0.183. The summed E-state index contributed by atoms with van der Waals surface area (Å²) in [5.41, 5.74) is 12.3. The van der Waals surface area contributed by atoms with Gasteiger partial charge in [-0.3, -0.25) is 4.57 Å². The Morgan fingerprint density at radius 3 is 1.85 bits per heavy atom. The standard InChI is InChI=1S/C50H30N4O/c1-3-14-31(15-4-1)33-18-13-19-34(28-33)53-41-24-11-8-22-37(41)47-42(53)26-27-43-48(47)39-29-38-35-20-9-12-25-45(35)55-46(38)30-44(39)54(43)50-51-40-23-10-7-21-36(40)49(52-50)32-16-5-2-6-17-32/h1-30H. The zero-order valence-corrected chi connectivity index (χ0v) is 29.5. The molecule has 0 N–H and O–H groups in total. The summed E-state index contributed by atoms with van der Waals surface area (Å²) in [6.07, 6.45) is 0. The third-order valence-corrected chi connectivity index (χ3v) is 11.1. The average Bonchev–Trinajstić information content (AvgIpc) is 3.90. The number of para-hydroxylation sites is 3. The second kappa shape index (κ2) is 11.5. The fraction of sp³-hybridized carbons (Fsp3) is 0. The van der Waals surface area contributed by atoms with Gasteiger partial charge in [0.15, 0.2) is 0 Å². The van der Waals surface area contributed by atoms with Crippen molar-refractivity contribution >= 4 is 76.5 Å². The molecular weight excluding hydrogens is 673 g/mol. The predicted octanol–water partition coefficient (Wildman–Crippen LogP) is 13.1. The van der Waals surface area contributed by atoms with Crippen LogP contribution in [0.5, 0.6) is 0 Å². The van der Waals surface area contributed by atoms with Gasteiger partial charge in [0.2, 0.25) is 5.95 Å². The maximum absolute atomic E-state index is 6.52. The van der Waals surface area contributed by atoms with Crippen LogP contribution in [0.15, 0.2) is 186 Å². The number of rotatable bonds is 4. The van der Waals surface area contributed by atoms with Crippen molar-refractivity contribution in [2.75, 3.05) is 0 Å². The lowest BCUT2D eigenvalue weighted by Gasteiger charge is -2.12. The topological polar surface area (TPSA) is 48.8 Å². The molecule has 0 aliphatic rings. The average molecular weight is 703 g/mol. The molecule has 0 fully saturated rings.